The molecule has 1 saturated carbocycles. The SMILES string of the molecule is Cc1nc(-c2nnn(C)c2CNc2cc(OC(F)(F)F)ccn2)ccc1O[C@H]1CCC[C@H](C(=O)O)C1. The van der Waals surface area contributed by atoms with Crippen molar-refractivity contribution in [2.45, 2.75) is 51.6 Å². The summed E-state index contributed by atoms with van der Waals surface area (Å²) in [5.74, 6) is -0.829. The number of anilines is 1. The van der Waals surface area contributed by atoms with E-state index in [0.717, 1.165) is 25.0 Å². The minimum atomic E-state index is -4.80. The van der Waals surface area contributed by atoms with Gasteiger partial charge in [0.15, 0.2) is 0 Å². The summed E-state index contributed by atoms with van der Waals surface area (Å²) in [5.41, 5.74) is 2.29. The molecule has 1 aliphatic rings. The van der Waals surface area contributed by atoms with Crippen LogP contribution in [-0.2, 0) is 18.4 Å². The molecule has 0 amide bonds. The van der Waals surface area contributed by atoms with E-state index in [0.29, 0.717) is 41.4 Å². The van der Waals surface area contributed by atoms with Gasteiger partial charge < -0.3 is 19.9 Å². The topological polar surface area (TPSA) is 124 Å². The minimum Gasteiger partial charge on any atom is -0.489 e. The van der Waals surface area contributed by atoms with Crippen molar-refractivity contribution in [2.24, 2.45) is 13.0 Å². The van der Waals surface area contributed by atoms with Crippen LogP contribution in [0.1, 0.15) is 37.1 Å². The third-order valence-corrected chi connectivity index (χ3v) is 5.89. The van der Waals surface area contributed by atoms with Gasteiger partial charge >= 0.3 is 12.3 Å². The molecule has 1 fully saturated rings. The number of carboxylic acid groups (broad SMARTS) is 1. The predicted molar refractivity (Wildman–Crippen MR) is 121 cm³/mol. The molecular formula is C23H25F3N6O4. The maximum Gasteiger partial charge on any atom is 0.573 e. The zero-order valence-electron chi connectivity index (χ0n) is 19.6. The Bertz CT molecular complexity index is 1230. The van der Waals surface area contributed by atoms with Crippen LogP contribution in [0.25, 0.3) is 11.4 Å². The number of aryl methyl sites for hydroxylation is 2. The molecule has 0 saturated heterocycles. The van der Waals surface area contributed by atoms with Crippen LogP contribution in [0.3, 0.4) is 0 Å². The summed E-state index contributed by atoms with van der Waals surface area (Å²) in [6, 6.07) is 5.77. The predicted octanol–water partition coefficient (Wildman–Crippen LogP) is 4.11. The van der Waals surface area contributed by atoms with Gasteiger partial charge in [0.1, 0.15) is 23.0 Å². The van der Waals surface area contributed by atoms with E-state index in [4.69, 9.17) is 4.74 Å². The fourth-order valence-corrected chi connectivity index (χ4v) is 4.11. The molecule has 1 aliphatic carbocycles. The van der Waals surface area contributed by atoms with Crippen LogP contribution in [0.2, 0.25) is 0 Å². The van der Waals surface area contributed by atoms with E-state index in [1.54, 1.807) is 26.1 Å². The minimum absolute atomic E-state index is 0.166. The zero-order valence-corrected chi connectivity index (χ0v) is 19.6. The van der Waals surface area contributed by atoms with Crippen LogP contribution in [0.4, 0.5) is 19.0 Å². The smallest absolute Gasteiger partial charge is 0.489 e. The highest BCUT2D eigenvalue weighted by molar-refractivity contribution is 5.70. The molecule has 4 rings (SSSR count). The quantitative estimate of drug-likeness (QED) is 0.464. The van der Waals surface area contributed by atoms with Gasteiger partial charge in [-0.25, -0.2) is 14.6 Å². The van der Waals surface area contributed by atoms with Crippen LogP contribution in [-0.4, -0.2) is 48.5 Å². The van der Waals surface area contributed by atoms with Gasteiger partial charge in [0.05, 0.1) is 35.6 Å². The number of carbonyl (C=O) groups is 1. The molecular weight excluding hydrogens is 481 g/mol. The van der Waals surface area contributed by atoms with E-state index in [9.17, 15) is 23.1 Å². The second kappa shape index (κ2) is 10.4. The van der Waals surface area contributed by atoms with Crippen molar-refractivity contribution >= 4 is 11.8 Å². The van der Waals surface area contributed by atoms with Crippen molar-refractivity contribution in [1.82, 2.24) is 25.0 Å². The number of hydrogen-bond acceptors (Lipinski definition) is 8. The van der Waals surface area contributed by atoms with E-state index < -0.39 is 18.2 Å². The Morgan fingerprint density at radius 3 is 2.81 bits per heavy atom. The summed E-state index contributed by atoms with van der Waals surface area (Å²) in [4.78, 5) is 19.9. The zero-order chi connectivity index (χ0) is 25.9. The lowest BCUT2D eigenvalue weighted by Gasteiger charge is -2.27. The first kappa shape index (κ1) is 25.2. The van der Waals surface area contributed by atoms with Gasteiger partial charge in [-0.05, 0) is 50.8 Å². The number of aliphatic carboxylic acids is 1. The molecule has 0 radical (unpaired) electrons. The highest BCUT2D eigenvalue weighted by atomic mass is 19.4. The van der Waals surface area contributed by atoms with Crippen LogP contribution >= 0.6 is 0 Å². The van der Waals surface area contributed by atoms with Gasteiger partial charge in [0.2, 0.25) is 0 Å². The average molecular weight is 506 g/mol. The number of pyridine rings is 2. The molecule has 3 aromatic rings. The molecule has 10 nitrogen and oxygen atoms in total. The van der Waals surface area contributed by atoms with Gasteiger partial charge in [-0.1, -0.05) is 5.21 Å². The number of hydrogen-bond donors (Lipinski definition) is 2. The van der Waals surface area contributed by atoms with E-state index >= 15 is 0 Å². The number of halogens is 3. The summed E-state index contributed by atoms with van der Waals surface area (Å²) in [7, 11) is 1.69. The molecule has 0 bridgehead atoms. The standard InChI is InChI=1S/C23H25F3N6O4/c1-13-19(35-15-5-3-4-14(10-15)22(33)34)7-6-17(29-13)21-18(32(2)31-30-21)12-28-20-11-16(8-9-27-20)36-23(24,25)26/h6-9,11,14-15H,3-5,10,12H2,1-2H3,(H,27,28)(H,33,34)/t14-,15-/m0/s1. The maximum atomic E-state index is 12.5. The first-order valence-electron chi connectivity index (χ1n) is 11.3. The van der Waals surface area contributed by atoms with Crippen molar-refractivity contribution in [3.8, 4) is 22.9 Å². The molecule has 0 aromatic carbocycles. The lowest BCUT2D eigenvalue weighted by Crippen LogP contribution is -2.29. The second-order valence-corrected chi connectivity index (χ2v) is 8.51. The monoisotopic (exact) mass is 506 g/mol. The second-order valence-electron chi connectivity index (χ2n) is 8.51. The summed E-state index contributed by atoms with van der Waals surface area (Å²) in [6.07, 6.45) is -1.08. The number of aromatic nitrogens is 5. The number of carboxylic acids is 1. The third kappa shape index (κ3) is 6.20. The molecule has 2 N–H and O–H groups in total. The fourth-order valence-electron chi connectivity index (χ4n) is 4.11. The molecule has 0 aliphatic heterocycles. The number of rotatable bonds is 8. The third-order valence-electron chi connectivity index (χ3n) is 5.89. The van der Waals surface area contributed by atoms with Gasteiger partial charge in [-0.3, -0.25) is 4.79 Å². The summed E-state index contributed by atoms with van der Waals surface area (Å²) in [6.45, 7) is 1.96. The van der Waals surface area contributed by atoms with Crippen LogP contribution in [0.15, 0.2) is 30.5 Å². The molecule has 192 valence electrons. The Labute approximate surface area is 204 Å². The number of nitrogens with zero attached hydrogens (tertiary/aromatic N) is 5. The van der Waals surface area contributed by atoms with Crippen molar-refractivity contribution in [3.05, 3.63) is 41.9 Å². The van der Waals surface area contributed by atoms with Gasteiger partial charge in [-0.15, -0.1) is 18.3 Å². The first-order chi connectivity index (χ1) is 17.1. The van der Waals surface area contributed by atoms with Gasteiger partial charge in [0.25, 0.3) is 0 Å². The first-order valence-corrected chi connectivity index (χ1v) is 11.3. The number of alkyl halides is 3. The van der Waals surface area contributed by atoms with Gasteiger partial charge in [-0.2, -0.15) is 0 Å². The molecule has 13 heteroatoms. The molecule has 3 aromatic heterocycles. The summed E-state index contributed by atoms with van der Waals surface area (Å²) in [5, 5.41) is 20.5. The van der Waals surface area contributed by atoms with Crippen LogP contribution < -0.4 is 14.8 Å². The molecule has 36 heavy (non-hydrogen) atoms. The molecule has 3 heterocycles. The van der Waals surface area contributed by atoms with Crippen LogP contribution in [0.5, 0.6) is 11.5 Å². The van der Waals surface area contributed by atoms with Crippen molar-refractivity contribution in [1.29, 1.82) is 0 Å². The Morgan fingerprint density at radius 2 is 2.08 bits per heavy atom. The molecule has 2 atom stereocenters. The normalized spacial score (nSPS) is 18.0. The Morgan fingerprint density at radius 1 is 1.28 bits per heavy atom. The van der Waals surface area contributed by atoms with Crippen molar-refractivity contribution in [3.63, 3.8) is 0 Å². The molecule has 0 spiro atoms. The number of nitrogens with one attached hydrogen (secondary N) is 1. The van der Waals surface area contributed by atoms with E-state index in [1.165, 1.54) is 10.9 Å². The Kier molecular flexibility index (Phi) is 7.27. The summed E-state index contributed by atoms with van der Waals surface area (Å²) < 4.78 is 49.0. The average Bonchev–Trinajstić information content (AvgIpc) is 3.18. The lowest BCUT2D eigenvalue weighted by molar-refractivity contribution is -0.274. The largest absolute Gasteiger partial charge is 0.573 e. The van der Waals surface area contributed by atoms with E-state index in [-0.39, 0.29) is 24.2 Å². The summed E-state index contributed by atoms with van der Waals surface area (Å²) >= 11 is 0. The van der Waals surface area contributed by atoms with E-state index in [2.05, 4.69) is 30.3 Å². The number of ether oxygens (including phenoxy) is 2. The highest BCUT2D eigenvalue weighted by Crippen LogP contribution is 2.31. The lowest BCUT2D eigenvalue weighted by atomic mass is 9.87. The van der Waals surface area contributed by atoms with E-state index in [1.807, 2.05) is 0 Å². The fraction of sp³-hybridized carbons (Fsp3) is 0.435. The van der Waals surface area contributed by atoms with Crippen molar-refractivity contribution < 1.29 is 32.5 Å². The Hall–Kier alpha value is -3.90. The molecule has 0 unspecified atom stereocenters. The maximum absolute atomic E-state index is 12.5. The van der Waals surface area contributed by atoms with Crippen molar-refractivity contribution in [2.75, 3.05) is 5.32 Å². The highest BCUT2D eigenvalue weighted by Gasteiger charge is 2.31. The van der Waals surface area contributed by atoms with Crippen LogP contribution in [0, 0.1) is 12.8 Å². The Balaban J connectivity index is 1.46. The van der Waals surface area contributed by atoms with Gasteiger partial charge in [0, 0.05) is 19.3 Å².